The molecule has 0 atom stereocenters. The molecule has 0 aliphatic carbocycles. The summed E-state index contributed by atoms with van der Waals surface area (Å²) in [6.45, 7) is 0. The summed E-state index contributed by atoms with van der Waals surface area (Å²) in [5.74, 6) is 0. The largest absolute Gasteiger partial charge is 0.456 e. The molecule has 1 aromatic heterocycles. The van der Waals surface area contributed by atoms with Crippen LogP contribution in [0.4, 0.5) is 17.1 Å². The van der Waals surface area contributed by atoms with Crippen LogP contribution in [0.1, 0.15) is 0 Å². The fourth-order valence-corrected chi connectivity index (χ4v) is 9.64. The molecule has 0 spiro atoms. The molecule has 0 aliphatic rings. The van der Waals surface area contributed by atoms with Gasteiger partial charge in [0.2, 0.25) is 0 Å². The van der Waals surface area contributed by atoms with Gasteiger partial charge < -0.3 is 9.32 Å². The van der Waals surface area contributed by atoms with Crippen molar-refractivity contribution >= 4 is 60.5 Å². The topological polar surface area (TPSA) is 16.4 Å². The van der Waals surface area contributed by atoms with E-state index < -0.39 is 0 Å². The maximum atomic E-state index is 6.68. The first kappa shape index (κ1) is 37.3. The standard InChI is InChI=1S/C62H41NO/c1-4-16-42(17-5-1)44-28-33-49(34-29-44)63(50-35-30-46(31-36-50)56-41-48-22-10-11-23-51(48)52-24-12-13-25-53(52)56)58-38-39-60-62(55-26-14-15-27-59(55)64-60)61(58)54-37-32-47(43-18-6-2-7-19-43)40-57(54)45-20-8-3-9-21-45/h1-41H. The average molecular weight is 816 g/mol. The van der Waals surface area contributed by atoms with Crippen LogP contribution < -0.4 is 4.90 Å². The van der Waals surface area contributed by atoms with Crippen molar-refractivity contribution in [3.63, 3.8) is 0 Å². The van der Waals surface area contributed by atoms with Gasteiger partial charge >= 0.3 is 0 Å². The van der Waals surface area contributed by atoms with Crippen LogP contribution in [-0.2, 0) is 0 Å². The fourth-order valence-electron chi connectivity index (χ4n) is 9.64. The summed E-state index contributed by atoms with van der Waals surface area (Å²) >= 11 is 0. The molecule has 0 unspecified atom stereocenters. The third kappa shape index (κ3) is 6.52. The third-order valence-electron chi connectivity index (χ3n) is 12.7. The number of furan rings is 1. The Morgan fingerprint density at radius 2 is 0.781 bits per heavy atom. The lowest BCUT2D eigenvalue weighted by molar-refractivity contribution is 0.669. The van der Waals surface area contributed by atoms with Crippen LogP contribution >= 0.6 is 0 Å². The van der Waals surface area contributed by atoms with E-state index in [1.165, 1.54) is 54.9 Å². The normalized spacial score (nSPS) is 11.4. The lowest BCUT2D eigenvalue weighted by Gasteiger charge is -2.29. The van der Waals surface area contributed by atoms with Crippen LogP contribution in [0.5, 0.6) is 0 Å². The van der Waals surface area contributed by atoms with Gasteiger partial charge in [0.05, 0.1) is 5.69 Å². The van der Waals surface area contributed by atoms with Gasteiger partial charge in [-0.2, -0.15) is 0 Å². The maximum absolute atomic E-state index is 6.68. The third-order valence-corrected chi connectivity index (χ3v) is 12.7. The summed E-state index contributed by atoms with van der Waals surface area (Å²) in [7, 11) is 0. The van der Waals surface area contributed by atoms with Gasteiger partial charge in [-0.25, -0.2) is 0 Å². The number of hydrogen-bond acceptors (Lipinski definition) is 2. The highest BCUT2D eigenvalue weighted by Crippen LogP contribution is 2.50. The number of nitrogens with zero attached hydrogens (tertiary/aromatic N) is 1. The number of benzene rings is 11. The number of anilines is 3. The highest BCUT2D eigenvalue weighted by molar-refractivity contribution is 6.18. The minimum Gasteiger partial charge on any atom is -0.456 e. The van der Waals surface area contributed by atoms with Crippen molar-refractivity contribution < 1.29 is 4.42 Å². The summed E-state index contributed by atoms with van der Waals surface area (Å²) < 4.78 is 6.68. The van der Waals surface area contributed by atoms with Crippen molar-refractivity contribution in [1.29, 1.82) is 0 Å². The van der Waals surface area contributed by atoms with Crippen molar-refractivity contribution in [3.05, 3.63) is 249 Å². The van der Waals surface area contributed by atoms with Gasteiger partial charge in [0.15, 0.2) is 0 Å². The van der Waals surface area contributed by atoms with Crippen molar-refractivity contribution in [1.82, 2.24) is 0 Å². The van der Waals surface area contributed by atoms with E-state index in [-0.39, 0.29) is 0 Å². The van der Waals surface area contributed by atoms with E-state index in [0.717, 1.165) is 61.3 Å². The molecule has 1 heterocycles. The van der Waals surface area contributed by atoms with Gasteiger partial charge in [0.1, 0.15) is 11.2 Å². The Bertz CT molecular complexity index is 3630. The average Bonchev–Trinajstić information content (AvgIpc) is 3.76. The fraction of sp³-hybridized carbons (Fsp3) is 0. The molecule has 0 N–H and O–H groups in total. The maximum Gasteiger partial charge on any atom is 0.136 e. The van der Waals surface area contributed by atoms with Gasteiger partial charge in [-0.1, -0.05) is 194 Å². The first-order chi connectivity index (χ1) is 31.7. The van der Waals surface area contributed by atoms with E-state index in [9.17, 15) is 0 Å². The molecule has 12 aromatic rings. The summed E-state index contributed by atoms with van der Waals surface area (Å²) in [6.07, 6.45) is 0. The smallest absolute Gasteiger partial charge is 0.136 e. The van der Waals surface area contributed by atoms with E-state index >= 15 is 0 Å². The molecule has 12 rings (SSSR count). The molecule has 11 aromatic carbocycles. The van der Waals surface area contributed by atoms with Crippen LogP contribution in [-0.4, -0.2) is 0 Å². The van der Waals surface area contributed by atoms with Gasteiger partial charge in [-0.3, -0.25) is 0 Å². The monoisotopic (exact) mass is 815 g/mol. The van der Waals surface area contributed by atoms with Gasteiger partial charge in [0.25, 0.3) is 0 Å². The zero-order valence-corrected chi connectivity index (χ0v) is 35.0. The Morgan fingerprint density at radius 1 is 0.281 bits per heavy atom. The molecule has 0 saturated carbocycles. The van der Waals surface area contributed by atoms with Crippen LogP contribution in [0.3, 0.4) is 0 Å². The van der Waals surface area contributed by atoms with E-state index in [1.807, 2.05) is 0 Å². The second kappa shape index (κ2) is 15.8. The number of para-hydroxylation sites is 1. The zero-order valence-electron chi connectivity index (χ0n) is 35.0. The van der Waals surface area contributed by atoms with Crippen LogP contribution in [0, 0.1) is 0 Å². The Morgan fingerprint density at radius 3 is 1.47 bits per heavy atom. The van der Waals surface area contributed by atoms with Gasteiger partial charge in [0, 0.05) is 27.7 Å². The molecule has 2 heteroatoms. The SMILES string of the molecule is c1ccc(-c2ccc(N(c3ccc(-c4cc5ccccc5c5ccccc45)cc3)c3ccc4oc5ccccc5c4c3-c3ccc(-c4ccccc4)cc3-c3ccccc3)cc2)cc1. The predicted molar refractivity (Wildman–Crippen MR) is 271 cm³/mol. The highest BCUT2D eigenvalue weighted by Gasteiger charge is 2.25. The predicted octanol–water partition coefficient (Wildman–Crippen LogP) is 17.7. The molecule has 0 aliphatic heterocycles. The molecule has 0 bridgehead atoms. The lowest BCUT2D eigenvalue weighted by atomic mass is 9.88. The summed E-state index contributed by atoms with van der Waals surface area (Å²) in [5.41, 5.74) is 16.5. The van der Waals surface area contributed by atoms with Crippen molar-refractivity contribution in [3.8, 4) is 55.6 Å². The van der Waals surface area contributed by atoms with Crippen molar-refractivity contribution in [2.24, 2.45) is 0 Å². The molecule has 300 valence electrons. The Kier molecular flexibility index (Phi) is 9.20. The van der Waals surface area contributed by atoms with Crippen LogP contribution in [0.2, 0.25) is 0 Å². The van der Waals surface area contributed by atoms with Gasteiger partial charge in [-0.05, 0) is 126 Å². The van der Waals surface area contributed by atoms with E-state index in [1.54, 1.807) is 0 Å². The molecule has 2 nitrogen and oxygen atoms in total. The summed E-state index contributed by atoms with van der Waals surface area (Å²) in [5, 5.41) is 7.18. The Labute approximate surface area is 372 Å². The molecule has 64 heavy (non-hydrogen) atoms. The minimum absolute atomic E-state index is 0.851. The van der Waals surface area contributed by atoms with Crippen LogP contribution in [0.15, 0.2) is 253 Å². The van der Waals surface area contributed by atoms with Gasteiger partial charge in [-0.15, -0.1) is 0 Å². The Balaban J connectivity index is 1.11. The molecule has 0 fully saturated rings. The number of rotatable bonds is 8. The zero-order chi connectivity index (χ0) is 42.4. The van der Waals surface area contributed by atoms with Crippen molar-refractivity contribution in [2.45, 2.75) is 0 Å². The van der Waals surface area contributed by atoms with E-state index in [2.05, 4.69) is 254 Å². The molecule has 0 radical (unpaired) electrons. The lowest BCUT2D eigenvalue weighted by Crippen LogP contribution is -2.11. The molecular formula is C62H41NO. The molecule has 0 amide bonds. The second-order valence-corrected chi connectivity index (χ2v) is 16.4. The number of fused-ring (bicyclic) bond motifs is 6. The quantitative estimate of drug-likeness (QED) is 0.142. The summed E-state index contributed by atoms with van der Waals surface area (Å²) in [6, 6.07) is 89.7. The van der Waals surface area contributed by atoms with Crippen molar-refractivity contribution in [2.75, 3.05) is 4.90 Å². The minimum atomic E-state index is 0.851. The Hall–Kier alpha value is -8.46. The van der Waals surface area contributed by atoms with Crippen LogP contribution in [0.25, 0.3) is 99.1 Å². The second-order valence-electron chi connectivity index (χ2n) is 16.4. The first-order valence-electron chi connectivity index (χ1n) is 21.9. The van der Waals surface area contributed by atoms with E-state index in [4.69, 9.17) is 4.42 Å². The van der Waals surface area contributed by atoms with E-state index in [0.29, 0.717) is 0 Å². The summed E-state index contributed by atoms with van der Waals surface area (Å²) in [4.78, 5) is 2.42. The first-order valence-corrected chi connectivity index (χ1v) is 21.9. The highest BCUT2D eigenvalue weighted by atomic mass is 16.3. The molecular weight excluding hydrogens is 775 g/mol. The molecule has 0 saturated heterocycles. The number of hydrogen-bond donors (Lipinski definition) is 0.